The lowest BCUT2D eigenvalue weighted by Gasteiger charge is -2.44. The predicted octanol–water partition coefficient (Wildman–Crippen LogP) is 1.46. The molecular formula is C15H26N2O3. The topological polar surface area (TPSA) is 58.6 Å². The molecule has 1 spiro atoms. The molecule has 2 amide bonds. The molecule has 5 nitrogen and oxygen atoms in total. The Morgan fingerprint density at radius 3 is 2.60 bits per heavy atom. The van der Waals surface area contributed by atoms with Gasteiger partial charge in [0, 0.05) is 13.2 Å². The molecule has 1 aliphatic carbocycles. The van der Waals surface area contributed by atoms with Gasteiger partial charge in [0.15, 0.2) is 0 Å². The number of nitrogens with one attached hydrogen (secondary N) is 1. The molecule has 1 N–H and O–H groups in total. The average Bonchev–Trinajstić information content (AvgIpc) is 2.89. The van der Waals surface area contributed by atoms with Crippen LogP contribution in [0.25, 0.3) is 0 Å². The fourth-order valence-corrected chi connectivity index (χ4v) is 3.37. The fraction of sp³-hybridized carbons (Fsp3) is 0.867. The van der Waals surface area contributed by atoms with Crippen LogP contribution in [0.2, 0.25) is 0 Å². The van der Waals surface area contributed by atoms with E-state index in [1.165, 1.54) is 0 Å². The van der Waals surface area contributed by atoms with E-state index in [2.05, 4.69) is 5.32 Å². The predicted molar refractivity (Wildman–Crippen MR) is 76.2 cm³/mol. The highest BCUT2D eigenvalue weighted by atomic mass is 16.5. The van der Waals surface area contributed by atoms with Crippen LogP contribution in [0.5, 0.6) is 0 Å². The van der Waals surface area contributed by atoms with E-state index >= 15 is 0 Å². The first-order chi connectivity index (χ1) is 9.64. The Kier molecular flexibility index (Phi) is 5.02. The van der Waals surface area contributed by atoms with Gasteiger partial charge in [-0.15, -0.1) is 0 Å². The van der Waals surface area contributed by atoms with Crippen molar-refractivity contribution in [3.8, 4) is 0 Å². The SMILES string of the molecule is CCCC1C(=O)NC2(CCCC2)C(=O)N1CCOCC. The van der Waals surface area contributed by atoms with Gasteiger partial charge >= 0.3 is 0 Å². The van der Waals surface area contributed by atoms with E-state index in [9.17, 15) is 9.59 Å². The number of carbonyl (C=O) groups excluding carboxylic acids is 2. The molecule has 0 aromatic rings. The third-order valence-electron chi connectivity index (χ3n) is 4.41. The molecule has 1 unspecified atom stereocenters. The van der Waals surface area contributed by atoms with Crippen LogP contribution in [0.3, 0.4) is 0 Å². The first-order valence-electron chi connectivity index (χ1n) is 7.85. The quantitative estimate of drug-likeness (QED) is 0.750. The van der Waals surface area contributed by atoms with Crippen molar-refractivity contribution in [2.45, 2.75) is 64.0 Å². The zero-order valence-corrected chi connectivity index (χ0v) is 12.6. The number of hydrogen-bond donors (Lipinski definition) is 1. The fourth-order valence-electron chi connectivity index (χ4n) is 3.37. The molecule has 2 fully saturated rings. The van der Waals surface area contributed by atoms with Crippen molar-refractivity contribution in [1.82, 2.24) is 10.2 Å². The van der Waals surface area contributed by atoms with Crippen LogP contribution in [0.4, 0.5) is 0 Å². The second-order valence-corrected chi connectivity index (χ2v) is 5.78. The van der Waals surface area contributed by atoms with E-state index in [-0.39, 0.29) is 17.9 Å². The lowest BCUT2D eigenvalue weighted by molar-refractivity contribution is -0.156. The molecule has 5 heteroatoms. The third kappa shape index (κ3) is 2.82. The zero-order chi connectivity index (χ0) is 14.6. The van der Waals surface area contributed by atoms with Gasteiger partial charge in [0.1, 0.15) is 11.6 Å². The van der Waals surface area contributed by atoms with Crippen molar-refractivity contribution in [2.24, 2.45) is 0 Å². The van der Waals surface area contributed by atoms with Gasteiger partial charge < -0.3 is 15.0 Å². The van der Waals surface area contributed by atoms with E-state index < -0.39 is 5.54 Å². The normalized spacial score (nSPS) is 25.3. The summed E-state index contributed by atoms with van der Waals surface area (Å²) in [5, 5.41) is 3.03. The Morgan fingerprint density at radius 1 is 1.30 bits per heavy atom. The van der Waals surface area contributed by atoms with Crippen LogP contribution in [0.15, 0.2) is 0 Å². The first kappa shape index (κ1) is 15.3. The van der Waals surface area contributed by atoms with E-state index in [0.717, 1.165) is 38.5 Å². The lowest BCUT2D eigenvalue weighted by atomic mass is 9.89. The molecule has 2 rings (SSSR count). The maximum atomic E-state index is 12.8. The highest BCUT2D eigenvalue weighted by Gasteiger charge is 2.51. The Labute approximate surface area is 121 Å². The molecule has 1 atom stereocenters. The summed E-state index contributed by atoms with van der Waals surface area (Å²) < 4.78 is 5.37. The molecule has 0 aromatic heterocycles. The van der Waals surface area contributed by atoms with Crippen molar-refractivity contribution in [2.75, 3.05) is 19.8 Å². The minimum absolute atomic E-state index is 0.0184. The number of ether oxygens (including phenoxy) is 1. The minimum Gasteiger partial charge on any atom is -0.380 e. The Morgan fingerprint density at radius 2 is 2.00 bits per heavy atom. The van der Waals surface area contributed by atoms with Crippen LogP contribution < -0.4 is 5.32 Å². The number of hydrogen-bond acceptors (Lipinski definition) is 3. The number of carbonyl (C=O) groups is 2. The smallest absolute Gasteiger partial charge is 0.249 e. The minimum atomic E-state index is -0.618. The first-order valence-corrected chi connectivity index (χ1v) is 7.85. The van der Waals surface area contributed by atoms with E-state index in [1.54, 1.807) is 4.90 Å². The Bertz CT molecular complexity index is 364. The van der Waals surface area contributed by atoms with Gasteiger partial charge in [0.05, 0.1) is 6.61 Å². The number of piperazine rings is 1. The van der Waals surface area contributed by atoms with Crippen LogP contribution in [0.1, 0.15) is 52.4 Å². The van der Waals surface area contributed by atoms with Crippen molar-refractivity contribution in [1.29, 1.82) is 0 Å². The summed E-state index contributed by atoms with van der Waals surface area (Å²) in [4.78, 5) is 27.0. The molecular weight excluding hydrogens is 256 g/mol. The molecule has 2 aliphatic rings. The maximum Gasteiger partial charge on any atom is 0.249 e. The number of rotatable bonds is 6. The summed E-state index contributed by atoms with van der Waals surface area (Å²) in [6.07, 6.45) is 5.21. The molecule has 114 valence electrons. The molecule has 1 aliphatic heterocycles. The van der Waals surface area contributed by atoms with E-state index in [1.807, 2.05) is 13.8 Å². The largest absolute Gasteiger partial charge is 0.380 e. The van der Waals surface area contributed by atoms with Crippen LogP contribution >= 0.6 is 0 Å². The van der Waals surface area contributed by atoms with Gasteiger partial charge in [-0.2, -0.15) is 0 Å². The molecule has 0 bridgehead atoms. The van der Waals surface area contributed by atoms with Crippen LogP contribution in [0, 0.1) is 0 Å². The highest BCUT2D eigenvalue weighted by molar-refractivity contribution is 6.00. The Balaban J connectivity index is 2.14. The van der Waals surface area contributed by atoms with Gasteiger partial charge in [0.25, 0.3) is 0 Å². The van der Waals surface area contributed by atoms with E-state index in [4.69, 9.17) is 4.74 Å². The maximum absolute atomic E-state index is 12.8. The molecule has 1 heterocycles. The van der Waals surface area contributed by atoms with Crippen molar-refractivity contribution >= 4 is 11.8 Å². The number of nitrogens with zero attached hydrogens (tertiary/aromatic N) is 1. The monoisotopic (exact) mass is 282 g/mol. The average molecular weight is 282 g/mol. The van der Waals surface area contributed by atoms with Crippen molar-refractivity contribution in [3.05, 3.63) is 0 Å². The lowest BCUT2D eigenvalue weighted by Crippen LogP contribution is -2.69. The molecule has 0 aromatic carbocycles. The summed E-state index contributed by atoms with van der Waals surface area (Å²) in [6.45, 7) is 5.64. The second kappa shape index (κ2) is 6.57. The second-order valence-electron chi connectivity index (χ2n) is 5.78. The molecule has 1 saturated carbocycles. The van der Waals surface area contributed by atoms with Gasteiger partial charge in [-0.3, -0.25) is 9.59 Å². The summed E-state index contributed by atoms with van der Waals surface area (Å²) >= 11 is 0. The van der Waals surface area contributed by atoms with E-state index in [0.29, 0.717) is 19.8 Å². The third-order valence-corrected chi connectivity index (χ3v) is 4.41. The standard InChI is InChI=1S/C15H26N2O3/c1-3-7-12-13(18)16-15(8-5-6-9-15)14(19)17(12)10-11-20-4-2/h12H,3-11H2,1-2H3,(H,16,18). The van der Waals surface area contributed by atoms with Gasteiger partial charge in [-0.05, 0) is 26.2 Å². The molecule has 0 radical (unpaired) electrons. The van der Waals surface area contributed by atoms with Crippen molar-refractivity contribution in [3.63, 3.8) is 0 Å². The van der Waals surface area contributed by atoms with Gasteiger partial charge in [-0.25, -0.2) is 0 Å². The van der Waals surface area contributed by atoms with Crippen molar-refractivity contribution < 1.29 is 14.3 Å². The van der Waals surface area contributed by atoms with Crippen LogP contribution in [-0.2, 0) is 14.3 Å². The summed E-state index contributed by atoms with van der Waals surface area (Å²) in [5.41, 5.74) is -0.618. The van der Waals surface area contributed by atoms with Gasteiger partial charge in [-0.1, -0.05) is 26.2 Å². The summed E-state index contributed by atoms with van der Waals surface area (Å²) in [7, 11) is 0. The summed E-state index contributed by atoms with van der Waals surface area (Å²) in [5.74, 6) is 0.123. The van der Waals surface area contributed by atoms with Gasteiger partial charge in [0.2, 0.25) is 11.8 Å². The van der Waals surface area contributed by atoms with Crippen LogP contribution in [-0.4, -0.2) is 48.1 Å². The molecule has 20 heavy (non-hydrogen) atoms. The number of amides is 2. The summed E-state index contributed by atoms with van der Waals surface area (Å²) in [6, 6.07) is -0.320. The highest BCUT2D eigenvalue weighted by Crippen LogP contribution is 2.35. The zero-order valence-electron chi connectivity index (χ0n) is 12.6. The Hall–Kier alpha value is -1.10. The molecule has 1 saturated heterocycles.